The van der Waals surface area contributed by atoms with Crippen molar-refractivity contribution < 1.29 is 28.8 Å². The fourth-order valence-electron chi connectivity index (χ4n) is 5.44. The topological polar surface area (TPSA) is 170 Å². The molecule has 2 aliphatic carbocycles. The molecule has 0 bridgehead atoms. The average molecular weight is 498 g/mol. The predicted octanol–water partition coefficient (Wildman–Crippen LogP) is 0.881. The Morgan fingerprint density at radius 3 is 1.47 bits per heavy atom. The molecule has 190 valence electrons. The van der Waals surface area contributed by atoms with Gasteiger partial charge in [-0.2, -0.15) is 10.0 Å². The molecule has 0 unspecified atom stereocenters. The van der Waals surface area contributed by atoms with Crippen molar-refractivity contribution in [2.24, 2.45) is 0 Å². The van der Waals surface area contributed by atoms with Gasteiger partial charge in [0.2, 0.25) is 0 Å². The largest absolute Gasteiger partial charge is 0.344 e. The minimum absolute atomic E-state index is 0.228. The number of urea groups is 2. The minimum atomic E-state index is -1.00. The predicted molar refractivity (Wildman–Crippen MR) is 122 cm³/mol. The second-order valence-electron chi connectivity index (χ2n) is 9.72. The van der Waals surface area contributed by atoms with Crippen LogP contribution in [0.2, 0.25) is 0 Å². The van der Waals surface area contributed by atoms with Crippen molar-refractivity contribution >= 4 is 35.7 Å². The first kappa shape index (κ1) is 23.7. The number of hydrogen-bond donors (Lipinski definition) is 4. The van der Waals surface area contributed by atoms with Crippen LogP contribution in [-0.4, -0.2) is 61.8 Å². The van der Waals surface area contributed by atoms with Gasteiger partial charge in [0.15, 0.2) is 0 Å². The molecule has 3 heterocycles. The lowest BCUT2D eigenvalue weighted by Crippen LogP contribution is -2.51. The van der Waals surface area contributed by atoms with Crippen molar-refractivity contribution in [2.45, 2.75) is 75.3 Å². The maximum Gasteiger partial charge on any atom is 0.344 e. The Balaban J connectivity index is 1.26. The number of imide groups is 2. The molecule has 0 atom stereocenters. The summed E-state index contributed by atoms with van der Waals surface area (Å²) in [7, 11) is 0. The Bertz CT molecular complexity index is 1070. The Labute approximate surface area is 206 Å². The Hall–Kier alpha value is -4.03. The molecule has 4 fully saturated rings. The monoisotopic (exact) mass is 497 g/mol. The van der Waals surface area contributed by atoms with Crippen molar-refractivity contribution in [1.82, 2.24) is 36.5 Å². The molecule has 0 radical (unpaired) electrons. The maximum atomic E-state index is 12.9. The van der Waals surface area contributed by atoms with E-state index in [-0.39, 0.29) is 11.4 Å². The van der Waals surface area contributed by atoms with Crippen LogP contribution in [0, 0.1) is 0 Å². The SMILES string of the molecule is O=C(NN1C(=O)NC2(CCCCC2)C1=O)c1cccc(C(=O)NN2C(=O)NC3(CCCCC3)C2=O)n1. The lowest BCUT2D eigenvalue weighted by Gasteiger charge is -2.30. The van der Waals surface area contributed by atoms with Gasteiger partial charge in [-0.05, 0) is 37.8 Å². The third-order valence-corrected chi connectivity index (χ3v) is 7.38. The lowest BCUT2D eigenvalue weighted by molar-refractivity contribution is -0.134. The van der Waals surface area contributed by atoms with Crippen LogP contribution >= 0.6 is 0 Å². The van der Waals surface area contributed by atoms with E-state index in [9.17, 15) is 28.8 Å². The van der Waals surface area contributed by atoms with Gasteiger partial charge in [-0.15, -0.1) is 0 Å². The van der Waals surface area contributed by atoms with Crippen LogP contribution in [-0.2, 0) is 9.59 Å². The average Bonchev–Trinajstić information content (AvgIpc) is 3.24. The first-order chi connectivity index (χ1) is 17.2. The van der Waals surface area contributed by atoms with E-state index in [0.29, 0.717) is 35.7 Å². The number of nitrogens with one attached hydrogen (secondary N) is 4. The fraction of sp³-hybridized carbons (Fsp3) is 0.522. The summed E-state index contributed by atoms with van der Waals surface area (Å²) < 4.78 is 0. The van der Waals surface area contributed by atoms with Gasteiger partial charge in [0.05, 0.1) is 0 Å². The summed E-state index contributed by atoms with van der Waals surface area (Å²) in [6.45, 7) is 0. The summed E-state index contributed by atoms with van der Waals surface area (Å²) >= 11 is 0. The summed E-state index contributed by atoms with van der Waals surface area (Å²) in [6, 6.07) is 2.57. The van der Waals surface area contributed by atoms with E-state index in [1.54, 1.807) is 0 Å². The molecule has 4 N–H and O–H groups in total. The molecule has 2 saturated heterocycles. The van der Waals surface area contributed by atoms with E-state index < -0.39 is 46.8 Å². The summed E-state index contributed by atoms with van der Waals surface area (Å²) in [6.07, 6.45) is 7.14. The van der Waals surface area contributed by atoms with Crippen molar-refractivity contribution in [1.29, 1.82) is 0 Å². The second-order valence-corrected chi connectivity index (χ2v) is 9.72. The van der Waals surface area contributed by atoms with E-state index in [4.69, 9.17) is 0 Å². The number of nitrogens with zero attached hydrogens (tertiary/aromatic N) is 3. The van der Waals surface area contributed by atoms with Crippen molar-refractivity contribution in [2.75, 3.05) is 0 Å². The molecule has 2 spiro atoms. The molecule has 1 aromatic rings. The van der Waals surface area contributed by atoms with Crippen molar-refractivity contribution in [3.05, 3.63) is 29.6 Å². The smallest absolute Gasteiger partial charge is 0.322 e. The van der Waals surface area contributed by atoms with Crippen LogP contribution in [0.1, 0.15) is 85.2 Å². The summed E-state index contributed by atoms with van der Waals surface area (Å²) in [5, 5.41) is 6.69. The zero-order valence-corrected chi connectivity index (χ0v) is 19.6. The fourth-order valence-corrected chi connectivity index (χ4v) is 5.44. The molecule has 8 amide bonds. The number of carbonyl (C=O) groups excluding carboxylic acids is 6. The number of rotatable bonds is 4. The van der Waals surface area contributed by atoms with Crippen LogP contribution < -0.4 is 21.5 Å². The molecule has 5 rings (SSSR count). The molecule has 36 heavy (non-hydrogen) atoms. The Morgan fingerprint density at radius 2 is 1.08 bits per heavy atom. The van der Waals surface area contributed by atoms with Gasteiger partial charge in [0.1, 0.15) is 22.5 Å². The van der Waals surface area contributed by atoms with Crippen LogP contribution in [0.4, 0.5) is 9.59 Å². The van der Waals surface area contributed by atoms with E-state index in [1.807, 2.05) is 0 Å². The molecule has 4 aliphatic rings. The Kier molecular flexibility index (Phi) is 5.85. The second kappa shape index (κ2) is 8.88. The van der Waals surface area contributed by atoms with Crippen molar-refractivity contribution in [3.8, 4) is 0 Å². The molecule has 13 heteroatoms. The summed E-state index contributed by atoms with van der Waals surface area (Å²) in [4.78, 5) is 80.1. The summed E-state index contributed by atoms with van der Waals surface area (Å²) in [5.74, 6) is -2.77. The standard InChI is InChI=1S/C23H27N7O6/c31-16(27-29-18(33)22(25-20(29)35)10-3-1-4-11-22)14-8-7-9-15(24-14)17(32)28-30-19(34)23(26-21(30)36)12-5-2-6-13-23/h7-9H,1-6,10-13H2,(H,25,35)(H,26,36)(H,27,31)(H,28,32). The highest BCUT2D eigenvalue weighted by Crippen LogP contribution is 2.34. The third-order valence-electron chi connectivity index (χ3n) is 7.38. The molecular formula is C23H27N7O6. The number of hydrogen-bond acceptors (Lipinski definition) is 7. The van der Waals surface area contributed by atoms with E-state index in [1.165, 1.54) is 18.2 Å². The molecular weight excluding hydrogens is 470 g/mol. The Morgan fingerprint density at radius 1 is 0.694 bits per heavy atom. The highest BCUT2D eigenvalue weighted by Gasteiger charge is 2.53. The maximum absolute atomic E-state index is 12.9. The summed E-state index contributed by atoms with van der Waals surface area (Å²) in [5.41, 5.74) is 2.07. The van der Waals surface area contributed by atoms with Crippen LogP contribution in [0.3, 0.4) is 0 Å². The van der Waals surface area contributed by atoms with Gasteiger partial charge in [-0.1, -0.05) is 44.6 Å². The third kappa shape index (κ3) is 3.93. The number of amides is 8. The van der Waals surface area contributed by atoms with E-state index in [2.05, 4.69) is 26.5 Å². The van der Waals surface area contributed by atoms with E-state index in [0.717, 1.165) is 38.5 Å². The van der Waals surface area contributed by atoms with Gasteiger partial charge in [0, 0.05) is 0 Å². The first-order valence-electron chi connectivity index (χ1n) is 12.2. The highest BCUT2D eigenvalue weighted by atomic mass is 16.2. The van der Waals surface area contributed by atoms with Gasteiger partial charge in [0.25, 0.3) is 23.6 Å². The minimum Gasteiger partial charge on any atom is -0.322 e. The highest BCUT2D eigenvalue weighted by molar-refractivity contribution is 6.10. The van der Waals surface area contributed by atoms with Gasteiger partial charge in [-0.3, -0.25) is 30.0 Å². The molecule has 1 aromatic heterocycles. The lowest BCUT2D eigenvalue weighted by atomic mass is 9.82. The van der Waals surface area contributed by atoms with E-state index >= 15 is 0 Å². The molecule has 13 nitrogen and oxygen atoms in total. The molecule has 2 aliphatic heterocycles. The molecule has 2 saturated carbocycles. The first-order valence-corrected chi connectivity index (χ1v) is 12.2. The normalized spacial score (nSPS) is 22.6. The van der Waals surface area contributed by atoms with Crippen LogP contribution in [0.5, 0.6) is 0 Å². The zero-order valence-electron chi connectivity index (χ0n) is 19.6. The number of hydrazine groups is 2. The zero-order chi connectivity index (χ0) is 25.5. The number of aromatic nitrogens is 1. The van der Waals surface area contributed by atoms with Gasteiger partial charge in [-0.25, -0.2) is 14.6 Å². The van der Waals surface area contributed by atoms with Crippen LogP contribution in [0.15, 0.2) is 18.2 Å². The number of carbonyl (C=O) groups is 6. The van der Waals surface area contributed by atoms with Crippen molar-refractivity contribution in [3.63, 3.8) is 0 Å². The quantitative estimate of drug-likeness (QED) is 0.447. The van der Waals surface area contributed by atoms with Gasteiger partial charge >= 0.3 is 12.1 Å². The van der Waals surface area contributed by atoms with Gasteiger partial charge < -0.3 is 10.6 Å². The van der Waals surface area contributed by atoms with Crippen LogP contribution in [0.25, 0.3) is 0 Å². The molecule has 0 aromatic carbocycles. The number of pyridine rings is 1.